The van der Waals surface area contributed by atoms with Crippen molar-refractivity contribution in [3.8, 4) is 5.75 Å². The molecule has 2 rings (SSSR count). The third-order valence-electron chi connectivity index (χ3n) is 2.46. The van der Waals surface area contributed by atoms with Crippen molar-refractivity contribution in [1.82, 2.24) is 15.6 Å². The molecule has 3 N–H and O–H groups in total. The summed E-state index contributed by atoms with van der Waals surface area (Å²) in [5.41, 5.74) is -1.07. The number of aromatic hydroxyl groups is 1. The van der Waals surface area contributed by atoms with Gasteiger partial charge in [0.25, 0.3) is 5.91 Å². The molecule has 1 aromatic rings. The molecule has 2 radical (unpaired) electrons. The average Bonchev–Trinajstić information content (AvgIpc) is 2.46. The van der Waals surface area contributed by atoms with Crippen LogP contribution in [-0.2, 0) is 10.3 Å². The Morgan fingerprint density at radius 2 is 2.12 bits per heavy atom. The van der Waals surface area contributed by atoms with Crippen LogP contribution in [0, 0.1) is 0 Å². The predicted molar refractivity (Wildman–Crippen MR) is 55.3 cm³/mol. The molecular formula is C9H8BN3O3. The van der Waals surface area contributed by atoms with Crippen LogP contribution in [0.15, 0.2) is 12.1 Å². The van der Waals surface area contributed by atoms with E-state index in [0.29, 0.717) is 0 Å². The number of aromatic nitrogens is 1. The van der Waals surface area contributed by atoms with Gasteiger partial charge in [0.15, 0.2) is 5.54 Å². The Balaban J connectivity index is 2.47. The first kappa shape index (κ1) is 10.5. The lowest BCUT2D eigenvalue weighted by Crippen LogP contribution is -2.42. The average molecular weight is 217 g/mol. The van der Waals surface area contributed by atoms with Crippen molar-refractivity contribution in [2.75, 3.05) is 0 Å². The minimum Gasteiger partial charge on any atom is -0.507 e. The zero-order chi connectivity index (χ0) is 11.9. The first-order valence-corrected chi connectivity index (χ1v) is 4.53. The van der Waals surface area contributed by atoms with Crippen molar-refractivity contribution < 1.29 is 14.7 Å². The first-order valence-electron chi connectivity index (χ1n) is 4.53. The topological polar surface area (TPSA) is 91.3 Å². The number of urea groups is 1. The summed E-state index contributed by atoms with van der Waals surface area (Å²) >= 11 is 0. The number of nitrogens with one attached hydrogen (secondary N) is 2. The normalized spacial score (nSPS) is 24.1. The lowest BCUT2D eigenvalue weighted by atomic mass is 9.94. The molecule has 1 fully saturated rings. The van der Waals surface area contributed by atoms with E-state index in [0.717, 1.165) is 0 Å². The molecular weight excluding hydrogens is 209 g/mol. The Labute approximate surface area is 92.5 Å². The quantitative estimate of drug-likeness (QED) is 0.400. The van der Waals surface area contributed by atoms with Crippen molar-refractivity contribution >= 4 is 25.4 Å². The third-order valence-corrected chi connectivity index (χ3v) is 2.46. The van der Waals surface area contributed by atoms with Gasteiger partial charge in [-0.25, -0.2) is 4.79 Å². The molecule has 16 heavy (non-hydrogen) atoms. The van der Waals surface area contributed by atoms with Crippen LogP contribution in [0.5, 0.6) is 5.75 Å². The van der Waals surface area contributed by atoms with E-state index < -0.39 is 17.5 Å². The van der Waals surface area contributed by atoms with E-state index in [-0.39, 0.29) is 17.0 Å². The number of hydrogen-bond acceptors (Lipinski definition) is 4. The Morgan fingerprint density at radius 3 is 2.62 bits per heavy atom. The highest BCUT2D eigenvalue weighted by Gasteiger charge is 2.44. The van der Waals surface area contributed by atoms with Crippen LogP contribution in [0.25, 0.3) is 0 Å². The van der Waals surface area contributed by atoms with E-state index in [1.807, 2.05) is 0 Å². The van der Waals surface area contributed by atoms with E-state index in [4.69, 9.17) is 7.85 Å². The summed E-state index contributed by atoms with van der Waals surface area (Å²) in [5, 5.41) is 13.8. The van der Waals surface area contributed by atoms with Gasteiger partial charge < -0.3 is 10.4 Å². The smallest absolute Gasteiger partial charge is 0.322 e. The predicted octanol–water partition coefficient (Wildman–Crippen LogP) is -1.36. The fraction of sp³-hybridized carbons (Fsp3) is 0.222. The maximum atomic E-state index is 11.6. The molecule has 0 spiro atoms. The van der Waals surface area contributed by atoms with Crippen LogP contribution in [0.4, 0.5) is 4.79 Å². The van der Waals surface area contributed by atoms with Crippen LogP contribution >= 0.6 is 0 Å². The van der Waals surface area contributed by atoms with Crippen molar-refractivity contribution in [2.24, 2.45) is 0 Å². The summed E-state index contributed by atoms with van der Waals surface area (Å²) in [7, 11) is 5.42. The minimum atomic E-state index is -1.25. The van der Waals surface area contributed by atoms with Crippen molar-refractivity contribution in [1.29, 1.82) is 0 Å². The van der Waals surface area contributed by atoms with Gasteiger partial charge in [-0.3, -0.25) is 15.1 Å². The van der Waals surface area contributed by atoms with Gasteiger partial charge in [-0.05, 0) is 19.1 Å². The largest absolute Gasteiger partial charge is 0.507 e. The van der Waals surface area contributed by atoms with E-state index in [1.165, 1.54) is 19.1 Å². The SMILES string of the molecule is [B]c1nc(C2(C)NC(=O)NC2=O)ccc1O. The molecule has 6 nitrogen and oxygen atoms in total. The molecule has 0 aliphatic carbocycles. The van der Waals surface area contributed by atoms with Gasteiger partial charge in [0.1, 0.15) is 13.6 Å². The molecule has 1 atom stereocenters. The third kappa shape index (κ3) is 1.41. The zero-order valence-electron chi connectivity index (χ0n) is 8.44. The minimum absolute atomic E-state index is 0.0901. The van der Waals surface area contributed by atoms with Crippen molar-refractivity contribution in [3.05, 3.63) is 17.8 Å². The molecule has 1 aliphatic rings. The van der Waals surface area contributed by atoms with E-state index in [2.05, 4.69) is 15.6 Å². The van der Waals surface area contributed by atoms with Crippen LogP contribution in [0.2, 0.25) is 0 Å². The van der Waals surface area contributed by atoms with Crippen LogP contribution in [0.1, 0.15) is 12.6 Å². The fourth-order valence-electron chi connectivity index (χ4n) is 1.47. The summed E-state index contributed by atoms with van der Waals surface area (Å²) < 4.78 is 0. The number of amides is 3. The van der Waals surface area contributed by atoms with Gasteiger partial charge in [0.2, 0.25) is 0 Å². The van der Waals surface area contributed by atoms with Gasteiger partial charge in [0.05, 0.1) is 5.69 Å². The molecule has 0 bridgehead atoms. The maximum absolute atomic E-state index is 11.6. The Bertz CT molecular complexity index is 491. The maximum Gasteiger partial charge on any atom is 0.322 e. The number of imide groups is 1. The molecule has 1 saturated heterocycles. The second kappa shape index (κ2) is 3.23. The molecule has 1 aliphatic heterocycles. The molecule has 80 valence electrons. The first-order chi connectivity index (χ1) is 7.43. The Hall–Kier alpha value is -2.05. The molecule has 0 aromatic carbocycles. The number of hydrogen-bond donors (Lipinski definition) is 3. The van der Waals surface area contributed by atoms with Crippen molar-refractivity contribution in [3.63, 3.8) is 0 Å². The lowest BCUT2D eigenvalue weighted by molar-refractivity contribution is -0.123. The number of carbonyl (C=O) groups excluding carboxylic acids is 2. The van der Waals surface area contributed by atoms with Gasteiger partial charge >= 0.3 is 6.03 Å². The summed E-state index contributed by atoms with van der Waals surface area (Å²) in [5.74, 6) is -0.674. The highest BCUT2D eigenvalue weighted by atomic mass is 16.3. The highest BCUT2D eigenvalue weighted by Crippen LogP contribution is 2.22. The van der Waals surface area contributed by atoms with Crippen LogP contribution in [0.3, 0.4) is 0 Å². The molecule has 7 heteroatoms. The zero-order valence-corrected chi connectivity index (χ0v) is 8.44. The second-order valence-corrected chi connectivity index (χ2v) is 3.63. The number of rotatable bonds is 1. The standard InChI is InChI=1S/C9H8BN3O3/c1-9(7(15)12-8(16)13-9)5-3-2-4(14)6(10)11-5/h2-3,14H,1H3,(H2,12,13,15,16). The lowest BCUT2D eigenvalue weighted by Gasteiger charge is -2.20. The molecule has 1 aromatic heterocycles. The fourth-order valence-corrected chi connectivity index (χ4v) is 1.47. The summed E-state index contributed by atoms with van der Waals surface area (Å²) in [6, 6.07) is 2.17. The summed E-state index contributed by atoms with van der Waals surface area (Å²) in [6.07, 6.45) is 0. The molecule has 2 heterocycles. The van der Waals surface area contributed by atoms with Gasteiger partial charge in [-0.15, -0.1) is 0 Å². The van der Waals surface area contributed by atoms with E-state index in [1.54, 1.807) is 0 Å². The molecule has 1 unspecified atom stereocenters. The highest BCUT2D eigenvalue weighted by molar-refractivity contribution is 6.32. The van der Waals surface area contributed by atoms with Gasteiger partial charge in [0, 0.05) is 5.59 Å². The Morgan fingerprint density at radius 1 is 1.44 bits per heavy atom. The van der Waals surface area contributed by atoms with E-state index in [9.17, 15) is 14.7 Å². The van der Waals surface area contributed by atoms with E-state index >= 15 is 0 Å². The monoisotopic (exact) mass is 217 g/mol. The number of nitrogens with zero attached hydrogens (tertiary/aromatic N) is 1. The summed E-state index contributed by atoms with van der Waals surface area (Å²) in [4.78, 5) is 26.5. The second-order valence-electron chi connectivity index (χ2n) is 3.63. The van der Waals surface area contributed by atoms with Crippen molar-refractivity contribution in [2.45, 2.75) is 12.5 Å². The molecule has 0 saturated carbocycles. The van der Waals surface area contributed by atoms with Crippen LogP contribution < -0.4 is 16.2 Å². The van der Waals surface area contributed by atoms with Gasteiger partial charge in [-0.2, -0.15) is 0 Å². The van der Waals surface area contributed by atoms with Crippen LogP contribution in [-0.4, -0.2) is 29.9 Å². The molecule has 3 amide bonds. The Kier molecular flexibility index (Phi) is 2.11. The number of pyridine rings is 1. The number of carbonyl (C=O) groups is 2. The van der Waals surface area contributed by atoms with Gasteiger partial charge in [-0.1, -0.05) is 0 Å². The summed E-state index contributed by atoms with van der Waals surface area (Å²) in [6.45, 7) is 1.51.